The zero-order valence-corrected chi connectivity index (χ0v) is 10.1. The normalized spacial score (nSPS) is 10.4. The lowest BCUT2D eigenvalue weighted by atomic mass is 10.1. The number of fused-ring (bicyclic) bond motifs is 1. The molecule has 0 saturated heterocycles. The minimum Gasteiger partial charge on any atom is -0.493 e. The second kappa shape index (κ2) is 4.48. The van der Waals surface area contributed by atoms with Crippen molar-refractivity contribution in [2.24, 2.45) is 0 Å². The molecule has 0 unspecified atom stereocenters. The number of rotatable bonds is 3. The van der Waals surface area contributed by atoms with Gasteiger partial charge >= 0.3 is 11.3 Å². The zero-order chi connectivity index (χ0) is 14.2. The van der Waals surface area contributed by atoms with E-state index in [1.807, 2.05) is 0 Å². The number of anilines is 1. The molecule has 0 fully saturated rings. The Morgan fingerprint density at radius 1 is 1.26 bits per heavy atom. The summed E-state index contributed by atoms with van der Waals surface area (Å²) in [5.74, 6) is 0.649. The van der Waals surface area contributed by atoms with Gasteiger partial charge in [-0.05, 0) is 6.07 Å². The monoisotopic (exact) mass is 266 g/mol. The van der Waals surface area contributed by atoms with Gasteiger partial charge in [0, 0.05) is 6.07 Å². The Balaban J connectivity index is 2.90. The number of hydrogen-bond acceptors (Lipinski definition) is 7. The molecule has 1 heterocycles. The first-order chi connectivity index (χ1) is 8.99. The van der Waals surface area contributed by atoms with Crippen LogP contribution in [-0.2, 0) is 0 Å². The molecule has 0 bridgehead atoms. The maximum absolute atomic E-state index is 11.5. The Morgan fingerprint density at radius 2 is 1.84 bits per heavy atom. The van der Waals surface area contributed by atoms with Crippen molar-refractivity contribution in [3.05, 3.63) is 32.7 Å². The first kappa shape index (κ1) is 12.7. The third-order valence-electron chi connectivity index (χ3n) is 2.61. The van der Waals surface area contributed by atoms with Gasteiger partial charge in [0.2, 0.25) is 0 Å². The van der Waals surface area contributed by atoms with E-state index in [2.05, 4.69) is 0 Å². The summed E-state index contributed by atoms with van der Waals surface area (Å²) < 4.78 is 15.0. The van der Waals surface area contributed by atoms with Gasteiger partial charge in [-0.2, -0.15) is 0 Å². The summed E-state index contributed by atoms with van der Waals surface area (Å²) in [4.78, 5) is 21.4. The number of nitrogens with two attached hydrogens (primary N) is 1. The van der Waals surface area contributed by atoms with Gasteiger partial charge in [0.1, 0.15) is 11.3 Å². The maximum Gasteiger partial charge on any atom is 0.417 e. The van der Waals surface area contributed by atoms with E-state index in [1.54, 1.807) is 0 Å². The topological polar surface area (TPSA) is 118 Å². The largest absolute Gasteiger partial charge is 0.493 e. The van der Waals surface area contributed by atoms with E-state index < -0.39 is 16.2 Å². The van der Waals surface area contributed by atoms with Crippen LogP contribution in [0.25, 0.3) is 11.0 Å². The van der Waals surface area contributed by atoms with Crippen LogP contribution in [0.3, 0.4) is 0 Å². The number of benzene rings is 1. The summed E-state index contributed by atoms with van der Waals surface area (Å²) in [7, 11) is 2.82. The van der Waals surface area contributed by atoms with Crippen molar-refractivity contribution in [2.75, 3.05) is 20.0 Å². The fraction of sp³-hybridized carbons (Fsp3) is 0.182. The second-order valence-electron chi connectivity index (χ2n) is 3.61. The molecule has 0 atom stereocenters. The van der Waals surface area contributed by atoms with E-state index in [0.717, 1.165) is 0 Å². The fourth-order valence-corrected chi connectivity index (χ4v) is 1.71. The smallest absolute Gasteiger partial charge is 0.417 e. The molecule has 0 aliphatic rings. The Bertz CT molecular complexity index is 721. The Hall–Kier alpha value is -2.77. The number of ether oxygens (including phenoxy) is 2. The van der Waals surface area contributed by atoms with E-state index in [-0.39, 0.29) is 16.7 Å². The average molecular weight is 266 g/mol. The third kappa shape index (κ3) is 1.92. The van der Waals surface area contributed by atoms with Crippen LogP contribution in [-0.4, -0.2) is 19.1 Å². The van der Waals surface area contributed by atoms with E-state index in [1.165, 1.54) is 26.4 Å². The molecule has 8 heteroatoms. The Kier molecular flexibility index (Phi) is 2.99. The molecule has 0 aliphatic carbocycles. The number of nitrogen functional groups attached to an aromatic ring is 1. The highest BCUT2D eigenvalue weighted by molar-refractivity contribution is 5.94. The van der Waals surface area contributed by atoms with Crippen molar-refractivity contribution < 1.29 is 18.8 Å². The summed E-state index contributed by atoms with van der Waals surface area (Å²) >= 11 is 0. The molecule has 2 aromatic rings. The summed E-state index contributed by atoms with van der Waals surface area (Å²) in [5.41, 5.74) is 3.56. The van der Waals surface area contributed by atoms with Gasteiger partial charge in [0.05, 0.1) is 24.5 Å². The minimum absolute atomic E-state index is 0.0887. The summed E-state index contributed by atoms with van der Waals surface area (Å²) in [5, 5.41) is 11.0. The van der Waals surface area contributed by atoms with Crippen LogP contribution in [0, 0.1) is 10.1 Å². The average Bonchev–Trinajstić information content (AvgIpc) is 2.36. The Morgan fingerprint density at radius 3 is 2.37 bits per heavy atom. The van der Waals surface area contributed by atoms with Crippen molar-refractivity contribution in [2.45, 2.75) is 0 Å². The summed E-state index contributed by atoms with van der Waals surface area (Å²) in [6.45, 7) is 0. The van der Waals surface area contributed by atoms with Crippen LogP contribution in [0.4, 0.5) is 11.4 Å². The second-order valence-corrected chi connectivity index (χ2v) is 3.61. The first-order valence-electron chi connectivity index (χ1n) is 5.12. The number of nitro groups is 1. The van der Waals surface area contributed by atoms with Crippen LogP contribution in [0.1, 0.15) is 0 Å². The van der Waals surface area contributed by atoms with Gasteiger partial charge < -0.3 is 19.6 Å². The molecule has 1 aromatic heterocycles. The van der Waals surface area contributed by atoms with Crippen molar-refractivity contribution in [1.29, 1.82) is 0 Å². The number of nitrogens with zero attached hydrogens (tertiary/aromatic N) is 1. The van der Waals surface area contributed by atoms with Gasteiger partial charge in [-0.1, -0.05) is 0 Å². The highest BCUT2D eigenvalue weighted by Gasteiger charge is 2.23. The number of methoxy groups -OCH3 is 2. The number of hydrogen-bond donors (Lipinski definition) is 1. The predicted octanol–water partition coefficient (Wildman–Crippen LogP) is 1.30. The lowest BCUT2D eigenvalue weighted by Gasteiger charge is -2.09. The van der Waals surface area contributed by atoms with Gasteiger partial charge in [-0.25, -0.2) is 4.79 Å². The molecule has 1 aromatic carbocycles. The first-order valence-corrected chi connectivity index (χ1v) is 5.12. The van der Waals surface area contributed by atoms with E-state index in [0.29, 0.717) is 11.5 Å². The van der Waals surface area contributed by atoms with Crippen LogP contribution in [0.5, 0.6) is 11.5 Å². The molecule has 0 radical (unpaired) electrons. The standard InChI is InChI=1S/C11H10N2O6/c1-17-7-3-5-6(4-8(7)18-2)19-11(14)10(9(5)12)13(15)16/h3-4H,12H2,1-2H3. The van der Waals surface area contributed by atoms with E-state index in [4.69, 9.17) is 19.6 Å². The molecule has 8 nitrogen and oxygen atoms in total. The van der Waals surface area contributed by atoms with Crippen LogP contribution in [0.2, 0.25) is 0 Å². The van der Waals surface area contributed by atoms with Gasteiger partial charge in [-0.3, -0.25) is 10.1 Å². The molecule has 0 amide bonds. The molecular formula is C11H10N2O6. The molecule has 2 rings (SSSR count). The van der Waals surface area contributed by atoms with Crippen LogP contribution in [0.15, 0.2) is 21.3 Å². The zero-order valence-electron chi connectivity index (χ0n) is 10.1. The Labute approximate surface area is 106 Å². The lowest BCUT2D eigenvalue weighted by Crippen LogP contribution is -2.10. The predicted molar refractivity (Wildman–Crippen MR) is 66.7 cm³/mol. The van der Waals surface area contributed by atoms with Crippen LogP contribution < -0.4 is 20.8 Å². The van der Waals surface area contributed by atoms with Crippen molar-refractivity contribution in [1.82, 2.24) is 0 Å². The molecule has 0 aliphatic heterocycles. The van der Waals surface area contributed by atoms with E-state index >= 15 is 0 Å². The van der Waals surface area contributed by atoms with Gasteiger partial charge in [0.25, 0.3) is 0 Å². The molecule has 0 saturated carbocycles. The summed E-state index contributed by atoms with van der Waals surface area (Å²) in [6.07, 6.45) is 0. The maximum atomic E-state index is 11.5. The minimum atomic E-state index is -1.11. The van der Waals surface area contributed by atoms with Crippen molar-refractivity contribution >= 4 is 22.3 Å². The van der Waals surface area contributed by atoms with Crippen molar-refractivity contribution in [3.8, 4) is 11.5 Å². The van der Waals surface area contributed by atoms with Crippen LogP contribution >= 0.6 is 0 Å². The van der Waals surface area contributed by atoms with Crippen molar-refractivity contribution in [3.63, 3.8) is 0 Å². The highest BCUT2D eigenvalue weighted by Crippen LogP contribution is 2.36. The quantitative estimate of drug-likeness (QED) is 0.505. The highest BCUT2D eigenvalue weighted by atomic mass is 16.6. The summed E-state index contributed by atoms with van der Waals surface area (Å²) in [6, 6.07) is 2.80. The van der Waals surface area contributed by atoms with Gasteiger partial charge in [0.15, 0.2) is 11.5 Å². The molecular weight excluding hydrogens is 256 g/mol. The fourth-order valence-electron chi connectivity index (χ4n) is 1.71. The van der Waals surface area contributed by atoms with E-state index in [9.17, 15) is 14.9 Å². The third-order valence-corrected chi connectivity index (χ3v) is 2.61. The molecule has 2 N–H and O–H groups in total. The SMILES string of the molecule is COc1cc2oc(=O)c([N+](=O)[O-])c(N)c2cc1OC. The van der Waals surface area contributed by atoms with Gasteiger partial charge in [-0.15, -0.1) is 0 Å². The lowest BCUT2D eigenvalue weighted by molar-refractivity contribution is -0.386. The molecule has 0 spiro atoms. The molecule has 19 heavy (non-hydrogen) atoms. The molecule has 100 valence electrons.